The van der Waals surface area contributed by atoms with E-state index in [1.165, 1.54) is 19.3 Å². The van der Waals surface area contributed by atoms with Gasteiger partial charge in [0.15, 0.2) is 11.9 Å². The van der Waals surface area contributed by atoms with Gasteiger partial charge in [-0.3, -0.25) is 10.2 Å². The van der Waals surface area contributed by atoms with Crippen molar-refractivity contribution in [3.05, 3.63) is 51.4 Å². The average molecular weight is 409 g/mol. The molecule has 27 heavy (non-hydrogen) atoms. The van der Waals surface area contributed by atoms with Gasteiger partial charge < -0.3 is 15.6 Å². The SMILES string of the molecule is CNc1cc(Cl)c(Cl)cc1C(=N)c1cnc2[nH]cc(C(=O)N[C@@H](C)F)c2n1. The topological polar surface area (TPSA) is 107 Å². The molecular formula is C17H15Cl2FN6O. The standard InChI is InChI=1S/C17H15Cl2FN6O/c1-7(20)25-17(27)9-5-23-16-15(9)26-13(6-24-16)14(21)8-3-10(18)11(19)4-12(8)22-2/h3-7,21-22H,1-2H3,(H,23,24)(H,25,27)/t7-/m0/s1. The second-order valence-corrected chi connectivity index (χ2v) is 6.50. The summed E-state index contributed by atoms with van der Waals surface area (Å²) in [4.78, 5) is 23.5. The van der Waals surface area contributed by atoms with Crippen LogP contribution >= 0.6 is 23.2 Å². The van der Waals surface area contributed by atoms with E-state index in [0.29, 0.717) is 26.9 Å². The fourth-order valence-electron chi connectivity index (χ4n) is 2.54. The van der Waals surface area contributed by atoms with Gasteiger partial charge in [-0.1, -0.05) is 23.2 Å². The average Bonchev–Trinajstić information content (AvgIpc) is 3.05. The van der Waals surface area contributed by atoms with Gasteiger partial charge in [0.1, 0.15) is 11.2 Å². The summed E-state index contributed by atoms with van der Waals surface area (Å²) < 4.78 is 13.1. The Bertz CT molecular complexity index is 1050. The molecule has 4 N–H and O–H groups in total. The van der Waals surface area contributed by atoms with Gasteiger partial charge in [0.05, 0.1) is 27.5 Å². The molecule has 10 heteroatoms. The van der Waals surface area contributed by atoms with Gasteiger partial charge in [0.25, 0.3) is 5.91 Å². The predicted octanol–water partition coefficient (Wildman–Crippen LogP) is 3.77. The number of H-pyrrole nitrogens is 1. The summed E-state index contributed by atoms with van der Waals surface area (Å²) in [6, 6.07) is 3.16. The zero-order chi connectivity index (χ0) is 19.7. The second kappa shape index (κ2) is 7.50. The Hall–Kier alpha value is -2.71. The van der Waals surface area contributed by atoms with E-state index in [9.17, 15) is 9.18 Å². The molecule has 0 fully saturated rings. The summed E-state index contributed by atoms with van der Waals surface area (Å²) in [6.07, 6.45) is 1.29. The highest BCUT2D eigenvalue weighted by Gasteiger charge is 2.19. The van der Waals surface area contributed by atoms with Gasteiger partial charge in [-0.25, -0.2) is 14.4 Å². The Morgan fingerprint density at radius 1 is 1.30 bits per heavy atom. The molecule has 0 aliphatic rings. The highest BCUT2D eigenvalue weighted by Crippen LogP contribution is 2.30. The summed E-state index contributed by atoms with van der Waals surface area (Å²) in [6.45, 7) is 1.21. The normalized spacial score (nSPS) is 12.0. The summed E-state index contributed by atoms with van der Waals surface area (Å²) in [5.74, 6) is -0.625. The van der Waals surface area contributed by atoms with Crippen LogP contribution in [0.1, 0.15) is 28.5 Å². The first-order chi connectivity index (χ1) is 12.8. The third kappa shape index (κ3) is 3.72. The Morgan fingerprint density at radius 3 is 2.67 bits per heavy atom. The zero-order valence-electron chi connectivity index (χ0n) is 14.3. The van der Waals surface area contributed by atoms with E-state index in [4.69, 9.17) is 28.6 Å². The van der Waals surface area contributed by atoms with E-state index >= 15 is 0 Å². The molecule has 0 bridgehead atoms. The molecule has 0 saturated heterocycles. The molecule has 2 heterocycles. The van der Waals surface area contributed by atoms with Crippen LogP contribution < -0.4 is 10.6 Å². The molecule has 0 aliphatic heterocycles. The van der Waals surface area contributed by atoms with E-state index < -0.39 is 12.2 Å². The second-order valence-electron chi connectivity index (χ2n) is 5.68. The minimum atomic E-state index is -1.51. The van der Waals surface area contributed by atoms with E-state index in [1.54, 1.807) is 19.2 Å². The number of rotatable bonds is 5. The monoisotopic (exact) mass is 408 g/mol. The summed E-state index contributed by atoms with van der Waals surface area (Å²) >= 11 is 12.1. The lowest BCUT2D eigenvalue weighted by molar-refractivity contribution is 0.0905. The Labute approximate surface area is 163 Å². The third-order valence-electron chi connectivity index (χ3n) is 3.81. The maximum absolute atomic E-state index is 13.1. The van der Waals surface area contributed by atoms with Crippen molar-refractivity contribution in [3.63, 3.8) is 0 Å². The number of nitrogens with one attached hydrogen (secondary N) is 4. The lowest BCUT2D eigenvalue weighted by atomic mass is 10.1. The van der Waals surface area contributed by atoms with Crippen LogP contribution in [0.4, 0.5) is 10.1 Å². The van der Waals surface area contributed by atoms with Gasteiger partial charge in [0, 0.05) is 24.5 Å². The van der Waals surface area contributed by atoms with Crippen LogP contribution in [0.15, 0.2) is 24.5 Å². The number of carbonyl (C=O) groups is 1. The van der Waals surface area contributed by atoms with Crippen LogP contribution in [0.25, 0.3) is 11.2 Å². The number of nitrogens with zero attached hydrogens (tertiary/aromatic N) is 2. The summed E-state index contributed by atoms with van der Waals surface area (Å²) in [7, 11) is 1.69. The van der Waals surface area contributed by atoms with Crippen LogP contribution in [0.3, 0.4) is 0 Å². The van der Waals surface area contributed by atoms with E-state index in [1.807, 2.05) is 0 Å². The minimum absolute atomic E-state index is 0.0405. The zero-order valence-corrected chi connectivity index (χ0v) is 15.8. The first-order valence-corrected chi connectivity index (χ1v) is 8.62. The predicted molar refractivity (Wildman–Crippen MR) is 104 cm³/mol. The quantitative estimate of drug-likeness (QED) is 0.380. The van der Waals surface area contributed by atoms with Crippen molar-refractivity contribution in [3.8, 4) is 0 Å². The van der Waals surface area contributed by atoms with Crippen molar-refractivity contribution in [2.75, 3.05) is 12.4 Å². The first-order valence-electron chi connectivity index (χ1n) is 7.87. The van der Waals surface area contributed by atoms with E-state index in [2.05, 4.69) is 25.6 Å². The van der Waals surface area contributed by atoms with Gasteiger partial charge in [0.2, 0.25) is 0 Å². The molecule has 0 spiro atoms. The number of fused-ring (bicyclic) bond motifs is 1. The van der Waals surface area contributed by atoms with Crippen LogP contribution in [0.5, 0.6) is 0 Å². The van der Waals surface area contributed by atoms with Crippen molar-refractivity contribution < 1.29 is 9.18 Å². The number of benzene rings is 1. The van der Waals surface area contributed by atoms with Crippen molar-refractivity contribution in [2.45, 2.75) is 13.2 Å². The molecule has 1 aromatic carbocycles. The summed E-state index contributed by atoms with van der Waals surface area (Å²) in [5.41, 5.74) is 2.06. The Morgan fingerprint density at radius 2 is 2.00 bits per heavy atom. The van der Waals surface area contributed by atoms with E-state index in [-0.39, 0.29) is 22.5 Å². The number of anilines is 1. The summed E-state index contributed by atoms with van der Waals surface area (Å²) in [5, 5.41) is 14.2. The lowest BCUT2D eigenvalue weighted by Crippen LogP contribution is -2.29. The van der Waals surface area contributed by atoms with E-state index in [0.717, 1.165) is 0 Å². The first kappa shape index (κ1) is 19.1. The van der Waals surface area contributed by atoms with Crippen molar-refractivity contribution in [2.24, 2.45) is 0 Å². The number of aromatic nitrogens is 3. The van der Waals surface area contributed by atoms with Crippen molar-refractivity contribution >= 4 is 51.7 Å². The number of aromatic amines is 1. The van der Waals surface area contributed by atoms with Gasteiger partial charge in [-0.2, -0.15) is 0 Å². The fourth-order valence-corrected chi connectivity index (χ4v) is 2.87. The molecular weight excluding hydrogens is 394 g/mol. The number of halogens is 3. The Kier molecular flexibility index (Phi) is 5.29. The van der Waals surface area contributed by atoms with Gasteiger partial charge >= 0.3 is 0 Å². The fraction of sp³-hybridized carbons (Fsp3) is 0.176. The number of carbonyl (C=O) groups excluding carboxylic acids is 1. The van der Waals surface area contributed by atoms with Gasteiger partial charge in [-0.15, -0.1) is 0 Å². The Balaban J connectivity index is 2.06. The highest BCUT2D eigenvalue weighted by molar-refractivity contribution is 6.42. The van der Waals surface area contributed by atoms with Crippen molar-refractivity contribution in [1.29, 1.82) is 5.41 Å². The molecule has 140 valence electrons. The maximum Gasteiger partial charge on any atom is 0.257 e. The number of amides is 1. The molecule has 1 atom stereocenters. The maximum atomic E-state index is 13.1. The molecule has 1 amide bonds. The number of hydrogen-bond donors (Lipinski definition) is 4. The molecule has 0 radical (unpaired) electrons. The van der Waals surface area contributed by atoms with Crippen LogP contribution in [0, 0.1) is 5.41 Å². The molecule has 0 aliphatic carbocycles. The van der Waals surface area contributed by atoms with Crippen molar-refractivity contribution in [1.82, 2.24) is 20.3 Å². The minimum Gasteiger partial charge on any atom is -0.388 e. The van der Waals surface area contributed by atoms with Crippen LogP contribution in [0.2, 0.25) is 10.0 Å². The molecule has 3 rings (SSSR count). The number of hydrogen-bond acceptors (Lipinski definition) is 5. The third-order valence-corrected chi connectivity index (χ3v) is 4.53. The molecule has 3 aromatic rings. The molecule has 7 nitrogen and oxygen atoms in total. The highest BCUT2D eigenvalue weighted by atomic mass is 35.5. The molecule has 0 unspecified atom stereocenters. The smallest absolute Gasteiger partial charge is 0.257 e. The molecule has 2 aromatic heterocycles. The van der Waals surface area contributed by atoms with Crippen LogP contribution in [-0.2, 0) is 0 Å². The lowest BCUT2D eigenvalue weighted by Gasteiger charge is -2.12. The molecule has 0 saturated carbocycles. The number of alkyl halides is 1. The van der Waals surface area contributed by atoms with Crippen LogP contribution in [-0.4, -0.2) is 39.9 Å². The van der Waals surface area contributed by atoms with Gasteiger partial charge in [-0.05, 0) is 19.1 Å². The largest absolute Gasteiger partial charge is 0.388 e.